The molecule has 1 aliphatic heterocycles. The topological polar surface area (TPSA) is 42.7 Å². The number of hydrogen-bond donors (Lipinski definition) is 1. The summed E-state index contributed by atoms with van der Waals surface area (Å²) < 4.78 is 3.46. The zero-order valence-electron chi connectivity index (χ0n) is 10.9. The van der Waals surface area contributed by atoms with Gasteiger partial charge in [-0.25, -0.2) is 0 Å². The van der Waals surface area contributed by atoms with E-state index in [2.05, 4.69) is 55.1 Å². The molecule has 1 N–H and O–H groups in total. The molecule has 0 amide bonds. The van der Waals surface area contributed by atoms with Gasteiger partial charge in [0.15, 0.2) is 0 Å². The molecule has 1 atom stereocenters. The second-order valence-electron chi connectivity index (χ2n) is 4.89. The summed E-state index contributed by atoms with van der Waals surface area (Å²) in [6.45, 7) is 4.10. The lowest BCUT2D eigenvalue weighted by molar-refractivity contribution is 0.466. The van der Waals surface area contributed by atoms with Crippen LogP contribution in [0.3, 0.4) is 0 Å². The molecule has 102 valence electrons. The highest BCUT2D eigenvalue weighted by atomic mass is 79.9. The Balaban J connectivity index is 1.67. The maximum Gasteiger partial charge on any atom is 0.149 e. The van der Waals surface area contributed by atoms with Gasteiger partial charge in [-0.05, 0) is 47.8 Å². The van der Waals surface area contributed by atoms with E-state index in [1.54, 1.807) is 11.3 Å². The van der Waals surface area contributed by atoms with Crippen molar-refractivity contribution in [3.05, 3.63) is 32.4 Å². The number of aromatic nitrogens is 3. The smallest absolute Gasteiger partial charge is 0.149 e. The van der Waals surface area contributed by atoms with Crippen LogP contribution in [-0.2, 0) is 19.5 Å². The molecular weight excluding hydrogens is 324 g/mol. The highest BCUT2D eigenvalue weighted by Gasteiger charge is 2.19. The summed E-state index contributed by atoms with van der Waals surface area (Å²) in [6, 6.07) is 4.47. The van der Waals surface area contributed by atoms with Crippen LogP contribution in [0.25, 0.3) is 0 Å². The van der Waals surface area contributed by atoms with Crippen molar-refractivity contribution in [2.75, 3.05) is 0 Å². The molecule has 0 aromatic carbocycles. The Hall–Kier alpha value is -0.720. The van der Waals surface area contributed by atoms with Gasteiger partial charge in [0.2, 0.25) is 0 Å². The predicted octanol–water partition coefficient (Wildman–Crippen LogP) is 3.29. The maximum absolute atomic E-state index is 4.36. The van der Waals surface area contributed by atoms with Gasteiger partial charge in [0.25, 0.3) is 0 Å². The third kappa shape index (κ3) is 2.90. The maximum atomic E-state index is 4.36. The molecule has 3 rings (SSSR count). The summed E-state index contributed by atoms with van der Waals surface area (Å²) in [7, 11) is 0. The van der Waals surface area contributed by atoms with E-state index < -0.39 is 0 Å². The Morgan fingerprint density at radius 3 is 3.11 bits per heavy atom. The number of thiophene rings is 1. The Bertz CT molecular complexity index is 563. The van der Waals surface area contributed by atoms with Gasteiger partial charge in [0.05, 0.1) is 9.83 Å². The molecule has 0 unspecified atom stereocenters. The minimum Gasteiger partial charge on any atom is -0.314 e. The Kier molecular flexibility index (Phi) is 4.00. The summed E-state index contributed by atoms with van der Waals surface area (Å²) in [5, 5.41) is 12.2. The lowest BCUT2D eigenvalue weighted by atomic mass is 10.1. The predicted molar refractivity (Wildman–Crippen MR) is 80.2 cm³/mol. The van der Waals surface area contributed by atoms with Crippen molar-refractivity contribution in [2.24, 2.45) is 0 Å². The molecule has 0 bridgehead atoms. The first kappa shape index (κ1) is 13.3. The summed E-state index contributed by atoms with van der Waals surface area (Å²) in [5.41, 5.74) is 0. The lowest BCUT2D eigenvalue weighted by Gasteiger charge is -2.18. The molecule has 2 aromatic heterocycles. The molecule has 19 heavy (non-hydrogen) atoms. The average Bonchev–Trinajstić information content (AvgIpc) is 3.02. The van der Waals surface area contributed by atoms with Crippen LogP contribution in [0.2, 0.25) is 0 Å². The van der Waals surface area contributed by atoms with E-state index in [1.165, 1.54) is 21.5 Å². The van der Waals surface area contributed by atoms with Crippen molar-refractivity contribution in [2.45, 2.75) is 45.3 Å². The molecule has 0 saturated carbocycles. The van der Waals surface area contributed by atoms with E-state index in [1.807, 2.05) is 0 Å². The van der Waals surface area contributed by atoms with Gasteiger partial charge in [-0.2, -0.15) is 0 Å². The SMILES string of the molecule is C[C@@H](NCc1ccc(Br)s1)c1nnc2n1CCCC2. The quantitative estimate of drug-likeness (QED) is 0.928. The van der Waals surface area contributed by atoms with Crippen molar-refractivity contribution >= 4 is 27.3 Å². The van der Waals surface area contributed by atoms with E-state index in [9.17, 15) is 0 Å². The number of hydrogen-bond acceptors (Lipinski definition) is 4. The van der Waals surface area contributed by atoms with Crippen LogP contribution in [0.1, 0.15) is 42.3 Å². The number of fused-ring (bicyclic) bond motifs is 1. The second kappa shape index (κ2) is 5.73. The minimum absolute atomic E-state index is 0.236. The van der Waals surface area contributed by atoms with Crippen molar-refractivity contribution in [3.63, 3.8) is 0 Å². The van der Waals surface area contributed by atoms with E-state index >= 15 is 0 Å². The van der Waals surface area contributed by atoms with E-state index in [4.69, 9.17) is 0 Å². The first-order valence-electron chi connectivity index (χ1n) is 6.63. The van der Waals surface area contributed by atoms with Crippen LogP contribution in [0, 0.1) is 0 Å². The minimum atomic E-state index is 0.236. The van der Waals surface area contributed by atoms with Gasteiger partial charge in [-0.1, -0.05) is 0 Å². The van der Waals surface area contributed by atoms with Gasteiger partial charge in [0, 0.05) is 24.4 Å². The van der Waals surface area contributed by atoms with Crippen LogP contribution < -0.4 is 5.32 Å². The molecule has 0 saturated heterocycles. The monoisotopic (exact) mass is 340 g/mol. The Morgan fingerprint density at radius 2 is 2.32 bits per heavy atom. The third-order valence-corrected chi connectivity index (χ3v) is 5.11. The Morgan fingerprint density at radius 1 is 1.42 bits per heavy atom. The van der Waals surface area contributed by atoms with Crippen LogP contribution in [0.15, 0.2) is 15.9 Å². The number of halogens is 1. The van der Waals surface area contributed by atoms with Gasteiger partial charge in [0.1, 0.15) is 11.6 Å². The summed E-state index contributed by atoms with van der Waals surface area (Å²) in [6.07, 6.45) is 3.55. The normalized spacial score (nSPS) is 16.3. The van der Waals surface area contributed by atoms with Gasteiger partial charge < -0.3 is 9.88 Å². The fraction of sp³-hybridized carbons (Fsp3) is 0.538. The number of nitrogens with one attached hydrogen (secondary N) is 1. The summed E-state index contributed by atoms with van der Waals surface area (Å²) in [4.78, 5) is 1.33. The fourth-order valence-electron chi connectivity index (χ4n) is 2.44. The molecule has 4 nitrogen and oxygen atoms in total. The largest absolute Gasteiger partial charge is 0.314 e. The molecule has 6 heteroatoms. The van der Waals surface area contributed by atoms with Crippen molar-refractivity contribution in [1.29, 1.82) is 0 Å². The average molecular weight is 341 g/mol. The van der Waals surface area contributed by atoms with Gasteiger partial charge in [-0.15, -0.1) is 21.5 Å². The van der Waals surface area contributed by atoms with Gasteiger partial charge >= 0.3 is 0 Å². The fourth-order valence-corrected chi connectivity index (χ4v) is 3.88. The molecule has 0 spiro atoms. The van der Waals surface area contributed by atoms with E-state index in [0.717, 1.165) is 31.2 Å². The lowest BCUT2D eigenvalue weighted by Crippen LogP contribution is -2.23. The molecule has 0 fully saturated rings. The van der Waals surface area contributed by atoms with E-state index in [0.29, 0.717) is 0 Å². The summed E-state index contributed by atoms with van der Waals surface area (Å²) >= 11 is 5.26. The van der Waals surface area contributed by atoms with E-state index in [-0.39, 0.29) is 6.04 Å². The van der Waals surface area contributed by atoms with Crippen LogP contribution >= 0.6 is 27.3 Å². The van der Waals surface area contributed by atoms with Crippen LogP contribution in [0.5, 0.6) is 0 Å². The van der Waals surface area contributed by atoms with Crippen molar-refractivity contribution in [1.82, 2.24) is 20.1 Å². The highest BCUT2D eigenvalue weighted by Crippen LogP contribution is 2.23. The Labute approximate surface area is 125 Å². The molecule has 0 aliphatic carbocycles. The number of rotatable bonds is 4. The zero-order chi connectivity index (χ0) is 13.2. The van der Waals surface area contributed by atoms with Crippen LogP contribution in [-0.4, -0.2) is 14.8 Å². The first-order chi connectivity index (χ1) is 9.24. The molecule has 1 aliphatic rings. The van der Waals surface area contributed by atoms with Gasteiger partial charge in [-0.3, -0.25) is 0 Å². The molecule has 3 heterocycles. The number of aryl methyl sites for hydroxylation is 1. The highest BCUT2D eigenvalue weighted by molar-refractivity contribution is 9.11. The molecular formula is C13H17BrN4S. The standard InChI is InChI=1S/C13H17BrN4S/c1-9(15-8-10-5-6-11(14)19-10)13-17-16-12-4-2-3-7-18(12)13/h5-6,9,15H,2-4,7-8H2,1H3/t9-/m1/s1. The number of nitrogens with zero attached hydrogens (tertiary/aromatic N) is 3. The van der Waals surface area contributed by atoms with Crippen molar-refractivity contribution in [3.8, 4) is 0 Å². The molecule has 0 radical (unpaired) electrons. The third-order valence-electron chi connectivity index (χ3n) is 3.49. The van der Waals surface area contributed by atoms with Crippen molar-refractivity contribution < 1.29 is 0 Å². The second-order valence-corrected chi connectivity index (χ2v) is 7.44. The molecule has 2 aromatic rings. The summed E-state index contributed by atoms with van der Waals surface area (Å²) in [5.74, 6) is 2.22. The first-order valence-corrected chi connectivity index (χ1v) is 8.24. The zero-order valence-corrected chi connectivity index (χ0v) is 13.3. The van der Waals surface area contributed by atoms with Crippen LogP contribution in [0.4, 0.5) is 0 Å².